The molecule has 1 heterocycles. The van der Waals surface area contributed by atoms with E-state index in [2.05, 4.69) is 43.4 Å². The maximum atomic E-state index is 12.5. The van der Waals surface area contributed by atoms with Crippen LogP contribution in [0.1, 0.15) is 78.1 Å². The first kappa shape index (κ1) is 36.7. The predicted octanol–water partition coefficient (Wildman–Crippen LogP) is 3.42. The molecule has 4 N–H and O–H groups in total. The third-order valence-corrected chi connectivity index (χ3v) is 6.24. The van der Waals surface area contributed by atoms with Crippen molar-refractivity contribution in [2.75, 3.05) is 19.8 Å². The zero-order chi connectivity index (χ0) is 30.3. The summed E-state index contributed by atoms with van der Waals surface area (Å²) in [5, 5.41) is 39.4. The van der Waals surface area contributed by atoms with Gasteiger partial charge in [-0.05, 0) is 38.5 Å². The lowest BCUT2D eigenvalue weighted by Gasteiger charge is -2.39. The van der Waals surface area contributed by atoms with E-state index in [0.717, 1.165) is 38.5 Å². The number of aliphatic hydroxyl groups excluding tert-OH is 4. The van der Waals surface area contributed by atoms with E-state index in [0.29, 0.717) is 12.8 Å². The molecule has 1 rings (SSSR count). The van der Waals surface area contributed by atoms with E-state index >= 15 is 0 Å². The van der Waals surface area contributed by atoms with Crippen LogP contribution >= 0.6 is 0 Å². The number of carbonyl (C=O) groups excluding carboxylic acids is 2. The maximum Gasteiger partial charge on any atom is 0.306 e. The summed E-state index contributed by atoms with van der Waals surface area (Å²) < 4.78 is 21.6. The minimum atomic E-state index is -1.60. The van der Waals surface area contributed by atoms with Gasteiger partial charge >= 0.3 is 11.9 Å². The third-order valence-electron chi connectivity index (χ3n) is 6.24. The van der Waals surface area contributed by atoms with Crippen molar-refractivity contribution in [2.24, 2.45) is 0 Å². The van der Waals surface area contributed by atoms with E-state index in [1.54, 1.807) is 0 Å². The molecule has 10 nitrogen and oxygen atoms in total. The summed E-state index contributed by atoms with van der Waals surface area (Å²) in [5.41, 5.74) is 0. The summed E-state index contributed by atoms with van der Waals surface area (Å²) in [6, 6.07) is 0. The maximum absolute atomic E-state index is 12.5. The van der Waals surface area contributed by atoms with Gasteiger partial charge in [0.25, 0.3) is 0 Å². The second-order valence-corrected chi connectivity index (χ2v) is 9.82. The van der Waals surface area contributed by atoms with Gasteiger partial charge < -0.3 is 39.4 Å². The Hall–Kier alpha value is -2.34. The molecule has 41 heavy (non-hydrogen) atoms. The highest BCUT2D eigenvalue weighted by molar-refractivity contribution is 5.70. The molecule has 0 aromatic heterocycles. The molecule has 0 aromatic rings. The van der Waals surface area contributed by atoms with Crippen LogP contribution in [0.2, 0.25) is 0 Å². The highest BCUT2D eigenvalue weighted by Crippen LogP contribution is 2.22. The number of aliphatic hydroxyl groups is 4. The molecule has 1 aliphatic rings. The van der Waals surface area contributed by atoms with Gasteiger partial charge in [0.1, 0.15) is 31.0 Å². The molecule has 1 fully saturated rings. The fourth-order valence-electron chi connectivity index (χ4n) is 3.84. The van der Waals surface area contributed by atoms with Crippen molar-refractivity contribution in [1.82, 2.24) is 0 Å². The van der Waals surface area contributed by atoms with Crippen molar-refractivity contribution in [1.29, 1.82) is 0 Å². The monoisotopic (exact) mass is 582 g/mol. The largest absolute Gasteiger partial charge is 0.462 e. The van der Waals surface area contributed by atoms with Crippen molar-refractivity contribution in [2.45, 2.75) is 115 Å². The molecule has 234 valence electrons. The molecule has 1 aliphatic heterocycles. The Balaban J connectivity index is 2.52. The van der Waals surface area contributed by atoms with Gasteiger partial charge in [-0.25, -0.2) is 0 Å². The Kier molecular flexibility index (Phi) is 20.8. The lowest BCUT2D eigenvalue weighted by Crippen LogP contribution is -2.59. The van der Waals surface area contributed by atoms with Gasteiger partial charge in [-0.15, -0.1) is 0 Å². The first-order chi connectivity index (χ1) is 19.8. The van der Waals surface area contributed by atoms with E-state index in [4.69, 9.17) is 18.9 Å². The first-order valence-corrected chi connectivity index (χ1v) is 14.7. The Bertz CT molecular complexity index is 820. The molecular weight excluding hydrogens is 532 g/mol. The SMILES string of the molecule is CC/C=C\C/C=C\C/C=C\C/C=C\CCC(=O)OC(COC(=O)CCCCC)COC1OC(CO)C(O)C(O)C1O. The first-order valence-electron chi connectivity index (χ1n) is 14.7. The van der Waals surface area contributed by atoms with Gasteiger partial charge in [0.15, 0.2) is 12.4 Å². The average molecular weight is 583 g/mol. The highest BCUT2D eigenvalue weighted by atomic mass is 16.7. The van der Waals surface area contributed by atoms with Crippen molar-refractivity contribution < 1.29 is 49.0 Å². The molecule has 0 aliphatic carbocycles. The minimum absolute atomic E-state index is 0.106. The van der Waals surface area contributed by atoms with Crippen LogP contribution in [0.4, 0.5) is 0 Å². The fraction of sp³-hybridized carbons (Fsp3) is 0.677. The number of unbranched alkanes of at least 4 members (excludes halogenated alkanes) is 2. The molecule has 1 saturated heterocycles. The topological polar surface area (TPSA) is 152 Å². The van der Waals surface area contributed by atoms with Crippen molar-refractivity contribution in [3.8, 4) is 0 Å². The quantitative estimate of drug-likeness (QED) is 0.0900. The van der Waals surface area contributed by atoms with Crippen LogP contribution in [0.5, 0.6) is 0 Å². The number of ether oxygens (including phenoxy) is 4. The van der Waals surface area contributed by atoms with Gasteiger partial charge in [0.2, 0.25) is 0 Å². The third kappa shape index (κ3) is 16.6. The van der Waals surface area contributed by atoms with Crippen molar-refractivity contribution in [3.63, 3.8) is 0 Å². The standard InChI is InChI=1S/C31H50O10/c1-3-5-7-8-9-10-11-12-13-14-15-16-18-20-27(34)40-24(22-38-26(33)19-17-6-4-2)23-39-31-30(37)29(36)28(35)25(21-32)41-31/h5,7,9-10,12-13,15-16,24-25,28-32,35-37H,3-4,6,8,11,14,17-23H2,1-2H3/b7-5-,10-9-,13-12-,16-15-. The number of rotatable bonds is 21. The summed E-state index contributed by atoms with van der Waals surface area (Å²) in [6.07, 6.45) is 15.3. The van der Waals surface area contributed by atoms with Gasteiger partial charge in [0, 0.05) is 12.8 Å². The molecule has 0 radical (unpaired) electrons. The van der Waals surface area contributed by atoms with E-state index in [9.17, 15) is 30.0 Å². The number of hydrogen-bond donors (Lipinski definition) is 4. The fourth-order valence-corrected chi connectivity index (χ4v) is 3.84. The molecule has 0 amide bonds. The number of hydrogen-bond acceptors (Lipinski definition) is 10. The summed E-state index contributed by atoms with van der Waals surface area (Å²) in [5.74, 6) is -0.941. The molecular formula is C31H50O10. The molecule has 0 saturated carbocycles. The van der Waals surface area contributed by atoms with E-state index in [1.807, 2.05) is 19.1 Å². The van der Waals surface area contributed by atoms with Crippen molar-refractivity contribution >= 4 is 11.9 Å². The van der Waals surface area contributed by atoms with Crippen LogP contribution in [0.15, 0.2) is 48.6 Å². The Labute approximate surface area is 244 Å². The van der Waals surface area contributed by atoms with E-state index < -0.39 is 55.4 Å². The second kappa shape index (κ2) is 23.2. The molecule has 6 atom stereocenters. The average Bonchev–Trinajstić information content (AvgIpc) is 2.96. The summed E-state index contributed by atoms with van der Waals surface area (Å²) >= 11 is 0. The van der Waals surface area contributed by atoms with Gasteiger partial charge in [-0.2, -0.15) is 0 Å². The van der Waals surface area contributed by atoms with Crippen molar-refractivity contribution in [3.05, 3.63) is 48.6 Å². The summed E-state index contributed by atoms with van der Waals surface area (Å²) in [6.45, 7) is 2.97. The lowest BCUT2D eigenvalue weighted by molar-refractivity contribution is -0.305. The van der Waals surface area contributed by atoms with Gasteiger partial charge in [0.05, 0.1) is 13.2 Å². The van der Waals surface area contributed by atoms with Crippen LogP contribution < -0.4 is 0 Å². The highest BCUT2D eigenvalue weighted by Gasteiger charge is 2.44. The molecule has 0 bridgehead atoms. The Morgan fingerprint density at radius 3 is 2.02 bits per heavy atom. The number of allylic oxidation sites excluding steroid dienone is 8. The minimum Gasteiger partial charge on any atom is -0.462 e. The lowest BCUT2D eigenvalue weighted by atomic mass is 9.99. The van der Waals surface area contributed by atoms with Crippen LogP contribution in [0, 0.1) is 0 Å². The van der Waals surface area contributed by atoms with E-state index in [-0.39, 0.29) is 26.1 Å². The van der Waals surface area contributed by atoms with Crippen LogP contribution in [0.25, 0.3) is 0 Å². The second-order valence-electron chi connectivity index (χ2n) is 9.82. The molecule has 0 aromatic carbocycles. The van der Waals surface area contributed by atoms with Crippen LogP contribution in [0.3, 0.4) is 0 Å². The zero-order valence-corrected chi connectivity index (χ0v) is 24.5. The Morgan fingerprint density at radius 1 is 0.780 bits per heavy atom. The van der Waals surface area contributed by atoms with Gasteiger partial charge in [-0.3, -0.25) is 9.59 Å². The Morgan fingerprint density at radius 2 is 1.41 bits per heavy atom. The summed E-state index contributed by atoms with van der Waals surface area (Å²) in [4.78, 5) is 24.5. The normalized spacial score (nSPS) is 24.1. The number of carbonyl (C=O) groups is 2. The predicted molar refractivity (Wildman–Crippen MR) is 155 cm³/mol. The van der Waals surface area contributed by atoms with Crippen LogP contribution in [-0.2, 0) is 28.5 Å². The van der Waals surface area contributed by atoms with Crippen LogP contribution in [-0.4, -0.2) is 89.0 Å². The molecule has 0 spiro atoms. The zero-order valence-electron chi connectivity index (χ0n) is 24.5. The molecule has 10 heteroatoms. The van der Waals surface area contributed by atoms with E-state index in [1.165, 1.54) is 0 Å². The molecule has 6 unspecified atom stereocenters. The smallest absolute Gasteiger partial charge is 0.306 e. The summed E-state index contributed by atoms with van der Waals surface area (Å²) in [7, 11) is 0. The number of esters is 2. The van der Waals surface area contributed by atoms with Gasteiger partial charge in [-0.1, -0.05) is 75.3 Å².